The van der Waals surface area contributed by atoms with Gasteiger partial charge in [0, 0.05) is 12.3 Å². The first-order valence-electron chi connectivity index (χ1n) is 3.89. The Labute approximate surface area is 76.5 Å². The first-order chi connectivity index (χ1) is 5.18. The molecule has 1 aliphatic heterocycles. The molecule has 1 aliphatic carbocycles. The Morgan fingerprint density at radius 1 is 1.58 bits per heavy atom. The third kappa shape index (κ3) is 1.30. The van der Waals surface area contributed by atoms with Gasteiger partial charge in [-0.2, -0.15) is 0 Å². The van der Waals surface area contributed by atoms with E-state index in [1.807, 2.05) is 0 Å². The van der Waals surface area contributed by atoms with Crippen molar-refractivity contribution >= 4 is 5.97 Å². The van der Waals surface area contributed by atoms with Gasteiger partial charge in [0.05, 0.1) is 6.42 Å². The van der Waals surface area contributed by atoms with Gasteiger partial charge in [-0.3, -0.25) is 4.79 Å². The molecular weight excluding hydrogens is 182 g/mol. The number of hydrogen-bond donors (Lipinski definition) is 2. The predicted octanol–water partition coefficient (Wildman–Crippen LogP) is -4.70. The molecule has 0 aromatic rings. The van der Waals surface area contributed by atoms with Crippen LogP contribution in [0.5, 0.6) is 0 Å². The zero-order valence-corrected chi connectivity index (χ0v) is 7.33. The summed E-state index contributed by atoms with van der Waals surface area (Å²) in [5.41, 5.74) is 3.78. The summed E-state index contributed by atoms with van der Waals surface area (Å²) >= 11 is 0. The number of fused-ring (bicyclic) bond motifs is 1. The Morgan fingerprint density at radius 3 is 2.83 bits per heavy atom. The first kappa shape index (κ1) is 9.77. The van der Waals surface area contributed by atoms with Crippen LogP contribution in [-0.4, -0.2) is 29.3 Å². The predicted molar refractivity (Wildman–Crippen MR) is 35.3 cm³/mol. The van der Waals surface area contributed by atoms with Crippen LogP contribution in [0.2, 0.25) is 0 Å². The monoisotopic (exact) mass is 193 g/mol. The Balaban J connectivity index is 0.000000720. The third-order valence-electron chi connectivity index (χ3n) is 2.59. The molecular formula is C7H12ClNO3. The molecule has 4 atom stereocenters. The summed E-state index contributed by atoms with van der Waals surface area (Å²) in [7, 11) is 0. The number of esters is 1. The van der Waals surface area contributed by atoms with Crippen LogP contribution >= 0.6 is 0 Å². The average Bonchev–Trinajstić information content (AvgIpc) is 2.37. The number of aliphatic hydroxyl groups is 1. The lowest BCUT2D eigenvalue weighted by atomic mass is 10.0. The van der Waals surface area contributed by atoms with Gasteiger partial charge in [0.25, 0.3) is 0 Å². The summed E-state index contributed by atoms with van der Waals surface area (Å²) in [4.78, 5) is 10.8. The van der Waals surface area contributed by atoms with Crippen molar-refractivity contribution in [2.45, 2.75) is 31.1 Å². The summed E-state index contributed by atoms with van der Waals surface area (Å²) in [6.07, 6.45) is 0.488. The van der Waals surface area contributed by atoms with E-state index in [0.29, 0.717) is 6.42 Å². The van der Waals surface area contributed by atoms with Crippen LogP contribution in [0.4, 0.5) is 0 Å². The average molecular weight is 194 g/mol. The van der Waals surface area contributed by atoms with Crippen LogP contribution in [-0.2, 0) is 9.53 Å². The molecule has 0 spiro atoms. The fourth-order valence-electron chi connectivity index (χ4n) is 1.99. The highest BCUT2D eigenvalue weighted by atomic mass is 35.5. The minimum absolute atomic E-state index is 0. The van der Waals surface area contributed by atoms with Crippen LogP contribution in [0.3, 0.4) is 0 Å². The summed E-state index contributed by atoms with van der Waals surface area (Å²) in [6.45, 7) is 0. The van der Waals surface area contributed by atoms with E-state index < -0.39 is 6.10 Å². The van der Waals surface area contributed by atoms with Crippen molar-refractivity contribution in [3.05, 3.63) is 0 Å². The molecule has 0 bridgehead atoms. The molecule has 1 saturated heterocycles. The molecule has 2 fully saturated rings. The number of carbonyl (C=O) groups excluding carboxylic acids is 1. The zero-order valence-electron chi connectivity index (χ0n) is 6.57. The van der Waals surface area contributed by atoms with Crippen molar-refractivity contribution in [3.63, 3.8) is 0 Å². The van der Waals surface area contributed by atoms with Gasteiger partial charge < -0.3 is 28.0 Å². The molecule has 0 radical (unpaired) electrons. The highest BCUT2D eigenvalue weighted by Gasteiger charge is 2.50. The molecule has 12 heavy (non-hydrogen) atoms. The molecule has 0 amide bonds. The van der Waals surface area contributed by atoms with Gasteiger partial charge in [0.1, 0.15) is 18.2 Å². The van der Waals surface area contributed by atoms with Crippen molar-refractivity contribution in [3.8, 4) is 0 Å². The lowest BCUT2D eigenvalue weighted by Gasteiger charge is -2.11. The van der Waals surface area contributed by atoms with E-state index in [9.17, 15) is 9.90 Å². The van der Waals surface area contributed by atoms with Crippen molar-refractivity contribution < 1.29 is 32.8 Å². The molecule has 0 aromatic carbocycles. The Morgan fingerprint density at radius 2 is 2.25 bits per heavy atom. The van der Waals surface area contributed by atoms with Gasteiger partial charge in [0.15, 0.2) is 0 Å². The standard InChI is InChI=1S/C7H11NO3.ClH/c8-4-1-3-2-5(9)11-7(3)6(4)10;/h3-4,6-7,10H,1-2,8H2;1H/t3-,4-,6+,7+;/m0./s1. The minimum Gasteiger partial charge on any atom is -1.00 e. The van der Waals surface area contributed by atoms with Gasteiger partial charge in [-0.15, -0.1) is 0 Å². The van der Waals surface area contributed by atoms with Crippen LogP contribution in [0.15, 0.2) is 0 Å². The molecule has 1 heterocycles. The maximum Gasteiger partial charge on any atom is 0.306 e. The number of halogens is 1. The number of rotatable bonds is 0. The fraction of sp³-hybridized carbons (Fsp3) is 0.857. The normalized spacial score (nSPS) is 45.0. The number of quaternary nitrogens is 1. The van der Waals surface area contributed by atoms with E-state index in [-0.39, 0.29) is 36.4 Å². The van der Waals surface area contributed by atoms with Crippen LogP contribution in [0.25, 0.3) is 0 Å². The van der Waals surface area contributed by atoms with E-state index in [2.05, 4.69) is 5.73 Å². The van der Waals surface area contributed by atoms with Crippen molar-refractivity contribution in [2.24, 2.45) is 5.92 Å². The second-order valence-electron chi connectivity index (χ2n) is 3.41. The summed E-state index contributed by atoms with van der Waals surface area (Å²) in [5, 5.41) is 9.45. The number of ether oxygens (including phenoxy) is 1. The molecule has 1 saturated carbocycles. The Hall–Kier alpha value is -0.320. The largest absolute Gasteiger partial charge is 1.00 e. The molecule has 0 unspecified atom stereocenters. The van der Waals surface area contributed by atoms with Gasteiger partial charge in [0.2, 0.25) is 0 Å². The SMILES string of the molecule is [Cl-].[NH3+][C@H]1C[C@H]2CC(=O)O[C@H]2[C@@H]1O. The van der Waals surface area contributed by atoms with Gasteiger partial charge in [-0.05, 0) is 0 Å². The van der Waals surface area contributed by atoms with Crippen molar-refractivity contribution in [1.82, 2.24) is 0 Å². The van der Waals surface area contributed by atoms with Crippen molar-refractivity contribution in [1.29, 1.82) is 0 Å². The van der Waals surface area contributed by atoms with Crippen LogP contribution in [0.1, 0.15) is 12.8 Å². The van der Waals surface area contributed by atoms with Gasteiger partial charge >= 0.3 is 5.97 Å². The topological polar surface area (TPSA) is 74.2 Å². The number of carbonyl (C=O) groups is 1. The second kappa shape index (κ2) is 3.20. The maximum absolute atomic E-state index is 10.8. The van der Waals surface area contributed by atoms with Crippen LogP contribution in [0, 0.1) is 5.92 Å². The molecule has 0 aromatic heterocycles. The summed E-state index contributed by atoms with van der Waals surface area (Å²) in [5.74, 6) is 0.0472. The van der Waals surface area contributed by atoms with Gasteiger partial charge in [-0.1, -0.05) is 0 Å². The van der Waals surface area contributed by atoms with E-state index in [4.69, 9.17) is 4.74 Å². The van der Waals surface area contributed by atoms with E-state index in [0.717, 1.165) is 6.42 Å². The van der Waals surface area contributed by atoms with Crippen molar-refractivity contribution in [2.75, 3.05) is 0 Å². The van der Waals surface area contributed by atoms with E-state index in [1.165, 1.54) is 0 Å². The first-order valence-corrected chi connectivity index (χ1v) is 3.89. The molecule has 70 valence electrons. The summed E-state index contributed by atoms with van der Waals surface area (Å²) in [6, 6.07) is 0.0399. The lowest BCUT2D eigenvalue weighted by Crippen LogP contribution is -3.00. The summed E-state index contributed by atoms with van der Waals surface area (Å²) < 4.78 is 4.94. The third-order valence-corrected chi connectivity index (χ3v) is 2.59. The lowest BCUT2D eigenvalue weighted by molar-refractivity contribution is -0.434. The fourth-order valence-corrected chi connectivity index (χ4v) is 1.99. The number of hydrogen-bond acceptors (Lipinski definition) is 3. The molecule has 2 rings (SSSR count). The van der Waals surface area contributed by atoms with Crippen LogP contribution < -0.4 is 18.1 Å². The second-order valence-corrected chi connectivity index (χ2v) is 3.41. The molecule has 4 N–H and O–H groups in total. The molecule has 5 heteroatoms. The smallest absolute Gasteiger partial charge is 0.306 e. The molecule has 2 aliphatic rings. The number of aliphatic hydroxyl groups excluding tert-OH is 1. The Bertz CT molecular complexity index is 199. The minimum atomic E-state index is -0.536. The quantitative estimate of drug-likeness (QED) is 0.380. The van der Waals surface area contributed by atoms with E-state index in [1.54, 1.807) is 0 Å². The maximum atomic E-state index is 10.8. The highest BCUT2D eigenvalue weighted by molar-refractivity contribution is 5.72. The van der Waals surface area contributed by atoms with Gasteiger partial charge in [-0.25, -0.2) is 0 Å². The highest BCUT2D eigenvalue weighted by Crippen LogP contribution is 2.35. The van der Waals surface area contributed by atoms with E-state index >= 15 is 0 Å². The zero-order chi connectivity index (χ0) is 8.01. The molecule has 4 nitrogen and oxygen atoms in total. The Kier molecular flexibility index (Phi) is 2.61.